The molecule has 2 heterocycles. The molecule has 0 bridgehead atoms. The van der Waals surface area contributed by atoms with Crippen LogP contribution < -0.4 is 5.32 Å². The minimum atomic E-state index is -0.819. The second kappa shape index (κ2) is 4.39. The summed E-state index contributed by atoms with van der Waals surface area (Å²) < 4.78 is 5.17. The highest BCUT2D eigenvalue weighted by Gasteiger charge is 2.34. The number of nitrogens with zero attached hydrogens (tertiary/aromatic N) is 1. The van der Waals surface area contributed by atoms with E-state index >= 15 is 0 Å². The van der Waals surface area contributed by atoms with Crippen LogP contribution in [0.2, 0.25) is 0 Å². The van der Waals surface area contributed by atoms with E-state index < -0.39 is 11.9 Å². The quantitative estimate of drug-likeness (QED) is 0.835. The van der Waals surface area contributed by atoms with Crippen molar-refractivity contribution in [2.75, 3.05) is 18.5 Å². The first kappa shape index (κ1) is 11.3. The number of anilines is 1. The number of hydrogen-bond acceptors (Lipinski definition) is 5. The smallest absolute Gasteiger partial charge is 0.311 e. The van der Waals surface area contributed by atoms with E-state index in [0.717, 1.165) is 15.7 Å². The molecular formula is C10H14N2O3S. The number of carboxylic acids is 1. The molecule has 1 aliphatic rings. The van der Waals surface area contributed by atoms with Gasteiger partial charge in [0.25, 0.3) is 0 Å². The lowest BCUT2D eigenvalue weighted by atomic mass is 10.1. The molecular weight excluding hydrogens is 228 g/mol. The standard InChI is InChI=1S/C10H14N2O3S/c1-5-6(2)16-10(11-5)12-8-4-15-3-7(8)9(13)14/h7-8H,3-4H2,1-2H3,(H,11,12)(H,13,14). The molecule has 6 heteroatoms. The number of ether oxygens (including phenoxy) is 1. The largest absolute Gasteiger partial charge is 0.481 e. The first-order chi connectivity index (χ1) is 7.58. The number of carboxylic acid groups (broad SMARTS) is 1. The van der Waals surface area contributed by atoms with Crippen molar-refractivity contribution in [3.05, 3.63) is 10.6 Å². The summed E-state index contributed by atoms with van der Waals surface area (Å²) in [5.41, 5.74) is 0.985. The molecule has 5 nitrogen and oxygen atoms in total. The van der Waals surface area contributed by atoms with Gasteiger partial charge in [0.05, 0.1) is 24.9 Å². The highest BCUT2D eigenvalue weighted by molar-refractivity contribution is 7.15. The molecule has 0 amide bonds. The third kappa shape index (κ3) is 2.17. The van der Waals surface area contributed by atoms with Crippen LogP contribution in [0, 0.1) is 19.8 Å². The second-order valence-corrected chi connectivity index (χ2v) is 5.10. The van der Waals surface area contributed by atoms with Crippen molar-refractivity contribution in [1.82, 2.24) is 4.98 Å². The van der Waals surface area contributed by atoms with Gasteiger partial charge in [-0.2, -0.15) is 0 Å². The summed E-state index contributed by atoms with van der Waals surface area (Å²) >= 11 is 1.54. The molecule has 1 aliphatic heterocycles. The fourth-order valence-corrected chi connectivity index (χ4v) is 2.51. The second-order valence-electron chi connectivity index (χ2n) is 3.89. The maximum absolute atomic E-state index is 10.9. The van der Waals surface area contributed by atoms with Crippen molar-refractivity contribution in [3.63, 3.8) is 0 Å². The minimum absolute atomic E-state index is 0.178. The molecule has 1 saturated heterocycles. The number of nitrogens with one attached hydrogen (secondary N) is 1. The van der Waals surface area contributed by atoms with Crippen LogP contribution >= 0.6 is 11.3 Å². The Kier molecular flexibility index (Phi) is 3.11. The molecule has 2 N–H and O–H groups in total. The summed E-state index contributed by atoms with van der Waals surface area (Å²) in [6.07, 6.45) is 0. The van der Waals surface area contributed by atoms with Crippen molar-refractivity contribution in [3.8, 4) is 0 Å². The molecule has 2 unspecified atom stereocenters. The van der Waals surface area contributed by atoms with E-state index in [1.54, 1.807) is 11.3 Å². The molecule has 88 valence electrons. The highest BCUT2D eigenvalue weighted by Crippen LogP contribution is 2.25. The number of thiazole rings is 1. The van der Waals surface area contributed by atoms with E-state index in [4.69, 9.17) is 9.84 Å². The number of aryl methyl sites for hydroxylation is 2. The summed E-state index contributed by atoms with van der Waals surface area (Å²) in [6, 6.07) is -0.178. The Morgan fingerprint density at radius 3 is 2.88 bits per heavy atom. The molecule has 16 heavy (non-hydrogen) atoms. The zero-order valence-corrected chi connectivity index (χ0v) is 10.0. The first-order valence-corrected chi connectivity index (χ1v) is 5.90. The normalized spacial score (nSPS) is 24.6. The molecule has 0 aromatic carbocycles. The number of carbonyl (C=O) groups is 1. The zero-order chi connectivity index (χ0) is 11.7. The Hall–Kier alpha value is -1.14. The van der Waals surface area contributed by atoms with Crippen LogP contribution in [0.4, 0.5) is 5.13 Å². The van der Waals surface area contributed by atoms with Gasteiger partial charge in [-0.05, 0) is 13.8 Å². The van der Waals surface area contributed by atoms with Crippen LogP contribution in [0.25, 0.3) is 0 Å². The SMILES string of the molecule is Cc1nc(NC2COCC2C(=O)O)sc1C. The lowest BCUT2D eigenvalue weighted by Crippen LogP contribution is -2.33. The molecule has 1 aromatic heterocycles. The van der Waals surface area contributed by atoms with Crippen molar-refractivity contribution in [1.29, 1.82) is 0 Å². The molecule has 1 aromatic rings. The summed E-state index contributed by atoms with van der Waals surface area (Å²) in [5.74, 6) is -1.30. The predicted molar refractivity (Wildman–Crippen MR) is 60.9 cm³/mol. The molecule has 2 atom stereocenters. The number of rotatable bonds is 3. The van der Waals surface area contributed by atoms with Gasteiger partial charge in [-0.25, -0.2) is 4.98 Å². The third-order valence-corrected chi connectivity index (χ3v) is 3.74. The van der Waals surface area contributed by atoms with E-state index in [1.165, 1.54) is 0 Å². The topological polar surface area (TPSA) is 71.5 Å². The predicted octanol–water partition coefficient (Wildman–Crippen LogP) is 1.27. The van der Waals surface area contributed by atoms with E-state index in [0.29, 0.717) is 6.61 Å². The third-order valence-electron chi connectivity index (χ3n) is 2.74. The van der Waals surface area contributed by atoms with Crippen molar-refractivity contribution < 1.29 is 14.6 Å². The van der Waals surface area contributed by atoms with Crippen LogP contribution in [0.5, 0.6) is 0 Å². The van der Waals surface area contributed by atoms with Crippen LogP contribution in [0.15, 0.2) is 0 Å². The summed E-state index contributed by atoms with van der Waals surface area (Å²) in [5, 5.41) is 12.9. The summed E-state index contributed by atoms with van der Waals surface area (Å²) in [4.78, 5) is 16.4. The van der Waals surface area contributed by atoms with Crippen LogP contribution in [0.1, 0.15) is 10.6 Å². The molecule has 0 aliphatic carbocycles. The van der Waals surface area contributed by atoms with Gasteiger partial charge in [0.15, 0.2) is 5.13 Å². The van der Waals surface area contributed by atoms with E-state index in [2.05, 4.69) is 10.3 Å². The van der Waals surface area contributed by atoms with Gasteiger partial charge in [0.2, 0.25) is 0 Å². The maximum atomic E-state index is 10.9. The lowest BCUT2D eigenvalue weighted by Gasteiger charge is -2.14. The summed E-state index contributed by atoms with van der Waals surface area (Å²) in [7, 11) is 0. The summed E-state index contributed by atoms with van der Waals surface area (Å²) in [6.45, 7) is 4.64. The monoisotopic (exact) mass is 242 g/mol. The average Bonchev–Trinajstić information content (AvgIpc) is 2.75. The van der Waals surface area contributed by atoms with Crippen LogP contribution in [-0.2, 0) is 9.53 Å². The van der Waals surface area contributed by atoms with Gasteiger partial charge in [0.1, 0.15) is 5.92 Å². The van der Waals surface area contributed by atoms with Gasteiger partial charge in [-0.15, -0.1) is 11.3 Å². The van der Waals surface area contributed by atoms with Crippen LogP contribution in [-0.4, -0.2) is 35.3 Å². The van der Waals surface area contributed by atoms with Crippen LogP contribution in [0.3, 0.4) is 0 Å². The number of hydrogen-bond donors (Lipinski definition) is 2. The maximum Gasteiger partial charge on any atom is 0.311 e. The average molecular weight is 242 g/mol. The van der Waals surface area contributed by atoms with Gasteiger partial charge < -0.3 is 15.2 Å². The van der Waals surface area contributed by atoms with Gasteiger partial charge >= 0.3 is 5.97 Å². The molecule has 0 saturated carbocycles. The molecule has 0 radical (unpaired) electrons. The fraction of sp³-hybridized carbons (Fsp3) is 0.600. The van der Waals surface area contributed by atoms with Crippen molar-refractivity contribution >= 4 is 22.4 Å². The van der Waals surface area contributed by atoms with Crippen molar-refractivity contribution in [2.24, 2.45) is 5.92 Å². The zero-order valence-electron chi connectivity index (χ0n) is 9.19. The highest BCUT2D eigenvalue weighted by atomic mass is 32.1. The van der Waals surface area contributed by atoms with E-state index in [1.807, 2.05) is 13.8 Å². The van der Waals surface area contributed by atoms with E-state index in [9.17, 15) is 4.79 Å². The fourth-order valence-electron chi connectivity index (χ4n) is 1.63. The first-order valence-electron chi connectivity index (χ1n) is 5.09. The van der Waals surface area contributed by atoms with E-state index in [-0.39, 0.29) is 12.6 Å². The Balaban J connectivity index is 2.06. The number of aliphatic carboxylic acids is 1. The molecule has 0 spiro atoms. The molecule has 1 fully saturated rings. The Morgan fingerprint density at radius 1 is 1.56 bits per heavy atom. The van der Waals surface area contributed by atoms with Crippen molar-refractivity contribution in [2.45, 2.75) is 19.9 Å². The minimum Gasteiger partial charge on any atom is -0.481 e. The molecule has 2 rings (SSSR count). The lowest BCUT2D eigenvalue weighted by molar-refractivity contribution is -0.141. The van der Waals surface area contributed by atoms with Gasteiger partial charge in [0, 0.05) is 4.88 Å². The Bertz CT molecular complexity index is 385. The number of aromatic nitrogens is 1. The van der Waals surface area contributed by atoms with Gasteiger partial charge in [-0.3, -0.25) is 4.79 Å². The Morgan fingerprint density at radius 2 is 2.31 bits per heavy atom. The Labute approximate surface area is 97.5 Å². The van der Waals surface area contributed by atoms with Gasteiger partial charge in [-0.1, -0.05) is 0 Å².